The third-order valence-electron chi connectivity index (χ3n) is 4.95. The number of aryl methyl sites for hydroxylation is 1. The van der Waals surface area contributed by atoms with E-state index in [1.807, 2.05) is 13.0 Å². The van der Waals surface area contributed by atoms with Crippen molar-refractivity contribution in [2.24, 2.45) is 0 Å². The molecular formula is C21H21ClF3N5O. The van der Waals surface area contributed by atoms with Gasteiger partial charge in [-0.05, 0) is 26.3 Å². The molecule has 3 rings (SSSR count). The molecule has 3 heterocycles. The zero-order valence-electron chi connectivity index (χ0n) is 17.0. The maximum atomic E-state index is 13.1. The highest BCUT2D eigenvalue weighted by molar-refractivity contribution is 6.22. The van der Waals surface area contributed by atoms with Crippen molar-refractivity contribution in [1.82, 2.24) is 25.1 Å². The molecule has 0 spiro atoms. The molecule has 0 saturated carbocycles. The molecule has 0 aromatic carbocycles. The first-order valence-corrected chi connectivity index (χ1v) is 10.0. The molecule has 1 aliphatic heterocycles. The molecule has 164 valence electrons. The van der Waals surface area contributed by atoms with Gasteiger partial charge in [0.2, 0.25) is 0 Å². The number of nitrogens with one attached hydrogen (secondary N) is 1. The van der Waals surface area contributed by atoms with E-state index >= 15 is 0 Å². The highest BCUT2D eigenvalue weighted by Crippen LogP contribution is 2.30. The van der Waals surface area contributed by atoms with Crippen LogP contribution in [0.2, 0.25) is 0 Å². The summed E-state index contributed by atoms with van der Waals surface area (Å²) >= 11 is 5.92. The fraction of sp³-hybridized carbons (Fsp3) is 0.333. The van der Waals surface area contributed by atoms with Crippen LogP contribution in [-0.4, -0.2) is 49.1 Å². The maximum Gasteiger partial charge on any atom is 0.415 e. The van der Waals surface area contributed by atoms with E-state index < -0.39 is 11.7 Å². The number of alkyl halides is 4. The van der Waals surface area contributed by atoms with Crippen LogP contribution < -0.4 is 0 Å². The number of hydrogen-bond acceptors (Lipinski definition) is 4. The van der Waals surface area contributed by atoms with E-state index in [-0.39, 0.29) is 29.9 Å². The number of halogens is 4. The van der Waals surface area contributed by atoms with Gasteiger partial charge in [0, 0.05) is 28.9 Å². The van der Waals surface area contributed by atoms with Gasteiger partial charge in [-0.25, -0.2) is 9.97 Å². The van der Waals surface area contributed by atoms with Gasteiger partial charge in [-0.2, -0.15) is 18.3 Å². The number of hydrogen-bond donors (Lipinski definition) is 1. The van der Waals surface area contributed by atoms with E-state index in [1.165, 1.54) is 6.08 Å². The molecule has 1 amide bonds. The van der Waals surface area contributed by atoms with Crippen LogP contribution in [0, 0.1) is 6.92 Å². The molecule has 6 nitrogen and oxygen atoms in total. The van der Waals surface area contributed by atoms with Crippen molar-refractivity contribution in [1.29, 1.82) is 0 Å². The van der Waals surface area contributed by atoms with Crippen LogP contribution in [0.5, 0.6) is 0 Å². The molecule has 0 radical (unpaired) electrons. The first-order chi connectivity index (χ1) is 14.6. The smallest absolute Gasteiger partial charge is 0.330 e. The fourth-order valence-corrected chi connectivity index (χ4v) is 3.54. The minimum Gasteiger partial charge on any atom is -0.330 e. The number of H-pyrrole nitrogens is 1. The molecule has 2 aromatic rings. The van der Waals surface area contributed by atoms with E-state index in [0.29, 0.717) is 12.2 Å². The predicted molar refractivity (Wildman–Crippen MR) is 111 cm³/mol. The van der Waals surface area contributed by atoms with E-state index in [2.05, 4.69) is 26.7 Å². The van der Waals surface area contributed by atoms with Gasteiger partial charge in [-0.15, -0.1) is 11.6 Å². The molecule has 1 aliphatic rings. The lowest BCUT2D eigenvalue weighted by molar-refractivity contribution is -0.130. The monoisotopic (exact) mass is 451 g/mol. The lowest BCUT2D eigenvalue weighted by atomic mass is 9.95. The van der Waals surface area contributed by atoms with Crippen molar-refractivity contribution in [3.63, 3.8) is 0 Å². The van der Waals surface area contributed by atoms with Gasteiger partial charge < -0.3 is 4.90 Å². The van der Waals surface area contributed by atoms with E-state index in [0.717, 1.165) is 34.8 Å². The predicted octanol–water partition coefficient (Wildman–Crippen LogP) is 4.29. The van der Waals surface area contributed by atoms with Crippen molar-refractivity contribution < 1.29 is 18.0 Å². The molecule has 0 fully saturated rings. The SMILES string of the molecule is C=C(/C=C\C=C(/CCl)C(=O)N1Cc2nc(C)nc(-c3ccn[nH]3)c2C[C@@H]1C)C(F)(F)F. The topological polar surface area (TPSA) is 74.8 Å². The normalized spacial score (nSPS) is 17.2. The first kappa shape index (κ1) is 22.7. The molecule has 31 heavy (non-hydrogen) atoms. The Morgan fingerprint density at radius 2 is 2.16 bits per heavy atom. The molecule has 2 aromatic heterocycles. The Hall–Kier alpha value is -2.94. The molecule has 0 aliphatic carbocycles. The second-order valence-electron chi connectivity index (χ2n) is 7.21. The minimum atomic E-state index is -4.52. The molecule has 0 unspecified atom stereocenters. The average molecular weight is 452 g/mol. The van der Waals surface area contributed by atoms with Gasteiger partial charge in [0.05, 0.1) is 29.5 Å². The number of aromatic nitrogens is 4. The first-order valence-electron chi connectivity index (χ1n) is 9.48. The Bertz CT molecular complexity index is 1040. The summed E-state index contributed by atoms with van der Waals surface area (Å²) in [6.07, 6.45) is 0.866. The van der Waals surface area contributed by atoms with Gasteiger partial charge in [0.1, 0.15) is 5.82 Å². The largest absolute Gasteiger partial charge is 0.415 e. The third-order valence-corrected chi connectivity index (χ3v) is 5.24. The Balaban J connectivity index is 1.86. The molecule has 0 bridgehead atoms. The molecule has 10 heteroatoms. The minimum absolute atomic E-state index is 0.139. The maximum absolute atomic E-state index is 13.1. The number of rotatable bonds is 5. The Labute approximate surface area is 182 Å². The lowest BCUT2D eigenvalue weighted by Gasteiger charge is -2.35. The second kappa shape index (κ2) is 9.05. The van der Waals surface area contributed by atoms with Gasteiger partial charge in [-0.3, -0.25) is 9.89 Å². The van der Waals surface area contributed by atoms with Crippen molar-refractivity contribution in [2.45, 2.75) is 39.0 Å². The third kappa shape index (κ3) is 5.04. The Morgan fingerprint density at radius 1 is 1.42 bits per heavy atom. The van der Waals surface area contributed by atoms with E-state index in [9.17, 15) is 18.0 Å². The van der Waals surface area contributed by atoms with E-state index in [1.54, 1.807) is 18.0 Å². The number of nitrogens with zero attached hydrogens (tertiary/aromatic N) is 4. The summed E-state index contributed by atoms with van der Waals surface area (Å²) in [5.41, 5.74) is 2.35. The van der Waals surface area contributed by atoms with Crippen LogP contribution in [0.25, 0.3) is 11.4 Å². The van der Waals surface area contributed by atoms with Crippen molar-refractivity contribution >= 4 is 17.5 Å². The summed E-state index contributed by atoms with van der Waals surface area (Å²) in [5.74, 6) is 0.0710. The Kier molecular flexibility index (Phi) is 6.64. The number of allylic oxidation sites excluding steroid dienone is 4. The fourth-order valence-electron chi connectivity index (χ4n) is 3.34. The number of carbonyl (C=O) groups is 1. The highest BCUT2D eigenvalue weighted by atomic mass is 35.5. The molecule has 1 N–H and O–H groups in total. The van der Waals surface area contributed by atoms with E-state index in [4.69, 9.17) is 11.6 Å². The van der Waals surface area contributed by atoms with Crippen molar-refractivity contribution in [3.8, 4) is 11.4 Å². The van der Waals surface area contributed by atoms with Crippen molar-refractivity contribution in [3.05, 3.63) is 65.3 Å². The van der Waals surface area contributed by atoms with Gasteiger partial charge >= 0.3 is 6.18 Å². The number of amides is 1. The summed E-state index contributed by atoms with van der Waals surface area (Å²) in [6, 6.07) is 1.63. The number of aromatic amines is 1. The zero-order valence-corrected chi connectivity index (χ0v) is 17.8. The lowest BCUT2D eigenvalue weighted by Crippen LogP contribution is -2.44. The second-order valence-corrected chi connectivity index (χ2v) is 7.48. The number of carbonyl (C=O) groups excluding carboxylic acids is 1. The summed E-state index contributed by atoms with van der Waals surface area (Å²) in [5, 5.41) is 6.88. The number of fused-ring (bicyclic) bond motifs is 1. The van der Waals surface area contributed by atoms with Gasteiger partial charge in [0.25, 0.3) is 5.91 Å². The summed E-state index contributed by atoms with van der Waals surface area (Å²) in [4.78, 5) is 23.7. The van der Waals surface area contributed by atoms with Crippen LogP contribution in [0.1, 0.15) is 24.0 Å². The Morgan fingerprint density at radius 3 is 2.77 bits per heavy atom. The standard InChI is InChI=1S/C21H21ClF3N5O/c1-12(21(23,24)25)5-4-6-15(10-22)20(31)30-11-18-16(9-13(30)2)19(28-14(3)27-18)17-7-8-26-29-17/h4-8,13H,1,9-11H2,2-3H3,(H,26,29)/b5-4-,15-6+/t13-/m0/s1. The van der Waals surface area contributed by atoms with Crippen LogP contribution in [0.4, 0.5) is 13.2 Å². The van der Waals surface area contributed by atoms with Crippen LogP contribution >= 0.6 is 11.6 Å². The summed E-state index contributed by atoms with van der Waals surface area (Å²) in [7, 11) is 0. The van der Waals surface area contributed by atoms with Crippen LogP contribution in [0.3, 0.4) is 0 Å². The average Bonchev–Trinajstić information content (AvgIpc) is 3.24. The molecule has 1 atom stereocenters. The quantitative estimate of drug-likeness (QED) is 0.418. The van der Waals surface area contributed by atoms with Crippen LogP contribution in [0.15, 0.2) is 48.2 Å². The van der Waals surface area contributed by atoms with Gasteiger partial charge in [-0.1, -0.05) is 24.8 Å². The zero-order chi connectivity index (χ0) is 22.8. The molecular weight excluding hydrogens is 431 g/mol. The highest BCUT2D eigenvalue weighted by Gasteiger charge is 2.32. The van der Waals surface area contributed by atoms with Gasteiger partial charge in [0.15, 0.2) is 0 Å². The summed E-state index contributed by atoms with van der Waals surface area (Å²) in [6.45, 7) is 6.87. The van der Waals surface area contributed by atoms with Crippen LogP contribution in [-0.2, 0) is 17.8 Å². The summed E-state index contributed by atoms with van der Waals surface area (Å²) < 4.78 is 37.7. The van der Waals surface area contributed by atoms with Crippen molar-refractivity contribution in [2.75, 3.05) is 5.88 Å². The molecule has 0 saturated heterocycles.